The van der Waals surface area contributed by atoms with Gasteiger partial charge < -0.3 is 10.6 Å². The van der Waals surface area contributed by atoms with Crippen LogP contribution in [0.1, 0.15) is 39.5 Å². The van der Waals surface area contributed by atoms with Gasteiger partial charge in [0, 0.05) is 6.04 Å². The summed E-state index contributed by atoms with van der Waals surface area (Å²) in [5, 5.41) is 6.39. The van der Waals surface area contributed by atoms with Gasteiger partial charge in [-0.1, -0.05) is 19.8 Å². The van der Waals surface area contributed by atoms with E-state index in [-0.39, 0.29) is 11.9 Å². The second-order valence-electron chi connectivity index (χ2n) is 5.29. The van der Waals surface area contributed by atoms with Crippen molar-refractivity contribution in [1.82, 2.24) is 10.6 Å². The summed E-state index contributed by atoms with van der Waals surface area (Å²) in [6.45, 7) is 5.25. The lowest BCUT2D eigenvalue weighted by Crippen LogP contribution is -2.46. The molecule has 1 saturated heterocycles. The van der Waals surface area contributed by atoms with Crippen LogP contribution in [0.3, 0.4) is 0 Å². The molecule has 1 amide bonds. The first-order chi connectivity index (χ1) is 7.16. The lowest BCUT2D eigenvalue weighted by Gasteiger charge is -2.19. The fourth-order valence-corrected chi connectivity index (χ4v) is 2.43. The SMILES string of the molecule is CC(CC1CC1)NC(=O)C1NCCC1C. The monoisotopic (exact) mass is 210 g/mol. The molecule has 3 unspecified atom stereocenters. The van der Waals surface area contributed by atoms with Gasteiger partial charge in [-0.05, 0) is 38.1 Å². The van der Waals surface area contributed by atoms with Crippen molar-refractivity contribution >= 4 is 5.91 Å². The average Bonchev–Trinajstić information content (AvgIpc) is 2.85. The van der Waals surface area contributed by atoms with Crippen LogP contribution in [0, 0.1) is 11.8 Å². The third-order valence-corrected chi connectivity index (χ3v) is 3.59. The molecule has 3 atom stereocenters. The molecule has 3 heteroatoms. The number of hydrogen-bond donors (Lipinski definition) is 2. The molecule has 1 heterocycles. The van der Waals surface area contributed by atoms with E-state index < -0.39 is 0 Å². The van der Waals surface area contributed by atoms with Gasteiger partial charge in [-0.25, -0.2) is 0 Å². The van der Waals surface area contributed by atoms with Gasteiger partial charge in [0.2, 0.25) is 5.91 Å². The highest BCUT2D eigenvalue weighted by Crippen LogP contribution is 2.33. The summed E-state index contributed by atoms with van der Waals surface area (Å²) in [7, 11) is 0. The number of nitrogens with one attached hydrogen (secondary N) is 2. The average molecular weight is 210 g/mol. The smallest absolute Gasteiger partial charge is 0.237 e. The molecule has 0 aromatic rings. The lowest BCUT2D eigenvalue weighted by molar-refractivity contribution is -0.124. The van der Waals surface area contributed by atoms with Gasteiger partial charge >= 0.3 is 0 Å². The van der Waals surface area contributed by atoms with Gasteiger partial charge in [-0.2, -0.15) is 0 Å². The molecule has 0 spiro atoms. The summed E-state index contributed by atoms with van der Waals surface area (Å²) in [5.74, 6) is 1.57. The molecule has 2 N–H and O–H groups in total. The zero-order valence-corrected chi connectivity index (χ0v) is 9.75. The molecule has 2 aliphatic rings. The second-order valence-corrected chi connectivity index (χ2v) is 5.29. The number of carbonyl (C=O) groups excluding carboxylic acids is 1. The van der Waals surface area contributed by atoms with Crippen molar-refractivity contribution in [2.24, 2.45) is 11.8 Å². The molecule has 0 bridgehead atoms. The topological polar surface area (TPSA) is 41.1 Å². The second kappa shape index (κ2) is 4.52. The number of carbonyl (C=O) groups is 1. The van der Waals surface area contributed by atoms with E-state index in [4.69, 9.17) is 0 Å². The fourth-order valence-electron chi connectivity index (χ4n) is 2.43. The number of amides is 1. The van der Waals surface area contributed by atoms with E-state index in [1.807, 2.05) is 0 Å². The summed E-state index contributed by atoms with van der Waals surface area (Å²) in [6.07, 6.45) is 5.00. The molecule has 86 valence electrons. The Morgan fingerprint density at radius 1 is 1.47 bits per heavy atom. The van der Waals surface area contributed by atoms with Crippen molar-refractivity contribution in [3.05, 3.63) is 0 Å². The third-order valence-electron chi connectivity index (χ3n) is 3.59. The van der Waals surface area contributed by atoms with E-state index in [2.05, 4.69) is 24.5 Å². The quantitative estimate of drug-likeness (QED) is 0.734. The summed E-state index contributed by atoms with van der Waals surface area (Å²) in [5.41, 5.74) is 0. The van der Waals surface area contributed by atoms with Crippen molar-refractivity contribution in [3.63, 3.8) is 0 Å². The molecule has 0 aromatic carbocycles. The Morgan fingerprint density at radius 3 is 2.73 bits per heavy atom. The van der Waals surface area contributed by atoms with Gasteiger partial charge in [-0.3, -0.25) is 4.79 Å². The van der Waals surface area contributed by atoms with Gasteiger partial charge in [0.1, 0.15) is 0 Å². The van der Waals surface area contributed by atoms with Gasteiger partial charge in [0.25, 0.3) is 0 Å². The van der Waals surface area contributed by atoms with Crippen LogP contribution in [-0.2, 0) is 4.79 Å². The molecule has 1 saturated carbocycles. The molecule has 2 rings (SSSR count). The molecule has 2 fully saturated rings. The van der Waals surface area contributed by atoms with Crippen molar-refractivity contribution in [2.75, 3.05) is 6.54 Å². The van der Waals surface area contributed by atoms with Gasteiger partial charge in [0.05, 0.1) is 6.04 Å². The molecular formula is C12H22N2O. The van der Waals surface area contributed by atoms with Crippen LogP contribution in [-0.4, -0.2) is 24.5 Å². The highest BCUT2D eigenvalue weighted by molar-refractivity contribution is 5.82. The van der Waals surface area contributed by atoms with Crippen LogP contribution in [0.4, 0.5) is 0 Å². The van der Waals surface area contributed by atoms with Crippen molar-refractivity contribution in [2.45, 2.75) is 51.6 Å². The molecular weight excluding hydrogens is 188 g/mol. The summed E-state index contributed by atoms with van der Waals surface area (Å²) in [6, 6.07) is 0.395. The number of hydrogen-bond acceptors (Lipinski definition) is 2. The van der Waals surface area contributed by atoms with Crippen molar-refractivity contribution in [3.8, 4) is 0 Å². The van der Waals surface area contributed by atoms with Crippen molar-refractivity contribution in [1.29, 1.82) is 0 Å². The molecule has 0 aromatic heterocycles. The minimum absolute atomic E-state index is 0.0478. The Kier molecular flexibility index (Phi) is 3.29. The highest BCUT2D eigenvalue weighted by Gasteiger charge is 2.31. The lowest BCUT2D eigenvalue weighted by atomic mass is 10.0. The van der Waals surface area contributed by atoms with Crippen LogP contribution < -0.4 is 10.6 Å². The predicted octanol–water partition coefficient (Wildman–Crippen LogP) is 1.29. The summed E-state index contributed by atoms with van der Waals surface area (Å²) < 4.78 is 0. The molecule has 1 aliphatic heterocycles. The zero-order chi connectivity index (χ0) is 10.8. The maximum Gasteiger partial charge on any atom is 0.237 e. The van der Waals surface area contributed by atoms with E-state index in [1.54, 1.807) is 0 Å². The van der Waals surface area contributed by atoms with Crippen LogP contribution in [0.15, 0.2) is 0 Å². The standard InChI is InChI=1S/C12H22N2O/c1-8-5-6-13-11(8)12(15)14-9(2)7-10-3-4-10/h8-11,13H,3-7H2,1-2H3,(H,14,15). The first-order valence-corrected chi connectivity index (χ1v) is 6.20. The maximum atomic E-state index is 11.9. The molecule has 3 nitrogen and oxygen atoms in total. The minimum atomic E-state index is 0.0478. The van der Waals surface area contributed by atoms with Crippen LogP contribution >= 0.6 is 0 Å². The summed E-state index contributed by atoms with van der Waals surface area (Å²) >= 11 is 0. The van der Waals surface area contributed by atoms with Crippen LogP contribution in [0.5, 0.6) is 0 Å². The Hall–Kier alpha value is -0.570. The number of rotatable bonds is 4. The summed E-state index contributed by atoms with van der Waals surface area (Å²) in [4.78, 5) is 11.9. The normalized spacial score (nSPS) is 32.7. The largest absolute Gasteiger partial charge is 0.352 e. The highest BCUT2D eigenvalue weighted by atomic mass is 16.2. The minimum Gasteiger partial charge on any atom is -0.352 e. The predicted molar refractivity (Wildman–Crippen MR) is 60.5 cm³/mol. The van der Waals surface area contributed by atoms with E-state index in [0.717, 1.165) is 25.3 Å². The third kappa shape index (κ3) is 2.94. The molecule has 0 radical (unpaired) electrons. The molecule has 15 heavy (non-hydrogen) atoms. The Balaban J connectivity index is 1.74. The van der Waals surface area contributed by atoms with Gasteiger partial charge in [0.15, 0.2) is 0 Å². The van der Waals surface area contributed by atoms with Gasteiger partial charge in [-0.15, -0.1) is 0 Å². The van der Waals surface area contributed by atoms with E-state index >= 15 is 0 Å². The Labute approximate surface area is 92.0 Å². The first-order valence-electron chi connectivity index (χ1n) is 6.20. The van der Waals surface area contributed by atoms with Crippen LogP contribution in [0.2, 0.25) is 0 Å². The Bertz CT molecular complexity index is 238. The van der Waals surface area contributed by atoms with Crippen molar-refractivity contribution < 1.29 is 4.79 Å². The van der Waals surface area contributed by atoms with E-state index in [9.17, 15) is 4.79 Å². The fraction of sp³-hybridized carbons (Fsp3) is 0.917. The Morgan fingerprint density at radius 2 is 2.20 bits per heavy atom. The van der Waals surface area contributed by atoms with Crippen LogP contribution in [0.25, 0.3) is 0 Å². The molecule has 1 aliphatic carbocycles. The zero-order valence-electron chi connectivity index (χ0n) is 9.75. The maximum absolute atomic E-state index is 11.9. The van der Waals surface area contributed by atoms with E-state index in [1.165, 1.54) is 12.8 Å². The first kappa shape index (κ1) is 10.9. The van der Waals surface area contributed by atoms with E-state index in [0.29, 0.717) is 12.0 Å².